The summed E-state index contributed by atoms with van der Waals surface area (Å²) in [5.41, 5.74) is 8.08. The normalized spacial score (nSPS) is 11.3. The molecule has 0 saturated carbocycles. The van der Waals surface area contributed by atoms with Crippen LogP contribution in [0.15, 0.2) is 35.0 Å². The second-order valence-electron chi connectivity index (χ2n) is 4.53. The molecule has 0 saturated heterocycles. The second kappa shape index (κ2) is 4.38. The summed E-state index contributed by atoms with van der Waals surface area (Å²) in [5, 5.41) is 8.75. The zero-order valence-electron chi connectivity index (χ0n) is 11.0. The Bertz CT molecular complexity index is 937. The van der Waals surface area contributed by atoms with Crippen LogP contribution in [0.1, 0.15) is 0 Å². The number of hydrogen-bond donors (Lipinski definition) is 1. The maximum atomic E-state index is 5.71. The number of nitrogens with two attached hydrogens (primary N) is 1. The van der Waals surface area contributed by atoms with Gasteiger partial charge in [0.15, 0.2) is 5.13 Å². The summed E-state index contributed by atoms with van der Waals surface area (Å²) in [5.74, 6) is 0.916. The van der Waals surface area contributed by atoms with Gasteiger partial charge in [-0.1, -0.05) is 16.5 Å². The first-order valence-electron chi connectivity index (χ1n) is 6.19. The quantitative estimate of drug-likeness (QED) is 0.610. The molecule has 7 nitrogen and oxygen atoms in total. The molecule has 104 valence electrons. The van der Waals surface area contributed by atoms with E-state index < -0.39 is 0 Å². The number of aromatic nitrogens is 5. The molecule has 4 rings (SSSR count). The lowest BCUT2D eigenvalue weighted by Gasteiger charge is -1.93. The molecule has 0 aliphatic rings. The van der Waals surface area contributed by atoms with Gasteiger partial charge >= 0.3 is 0 Å². The fourth-order valence-corrected chi connectivity index (χ4v) is 2.83. The molecule has 0 spiro atoms. The average molecular weight is 298 g/mol. The maximum absolute atomic E-state index is 5.71. The summed E-state index contributed by atoms with van der Waals surface area (Å²) in [7, 11) is 1.84. The average Bonchev–Trinajstić information content (AvgIpc) is 3.15. The van der Waals surface area contributed by atoms with E-state index in [9.17, 15) is 0 Å². The van der Waals surface area contributed by atoms with E-state index in [1.54, 1.807) is 4.68 Å². The van der Waals surface area contributed by atoms with Crippen molar-refractivity contribution in [1.82, 2.24) is 24.9 Å². The van der Waals surface area contributed by atoms with Crippen LogP contribution in [0.2, 0.25) is 0 Å². The van der Waals surface area contributed by atoms with Crippen molar-refractivity contribution < 1.29 is 4.52 Å². The van der Waals surface area contributed by atoms with Crippen LogP contribution in [0, 0.1) is 0 Å². The van der Waals surface area contributed by atoms with Crippen LogP contribution < -0.4 is 5.73 Å². The van der Waals surface area contributed by atoms with Gasteiger partial charge in [-0.3, -0.25) is 4.68 Å². The highest BCUT2D eigenvalue weighted by Crippen LogP contribution is 2.29. The van der Waals surface area contributed by atoms with Crippen molar-refractivity contribution in [2.24, 2.45) is 7.05 Å². The Labute approximate surface area is 123 Å². The molecule has 0 fully saturated rings. The van der Waals surface area contributed by atoms with E-state index in [1.807, 2.05) is 37.5 Å². The summed E-state index contributed by atoms with van der Waals surface area (Å²) in [6.07, 6.45) is 1.83. The van der Waals surface area contributed by atoms with Gasteiger partial charge in [0.05, 0.1) is 10.2 Å². The first kappa shape index (κ1) is 12.0. The highest BCUT2D eigenvalue weighted by molar-refractivity contribution is 7.22. The number of benzene rings is 1. The third-order valence-corrected chi connectivity index (χ3v) is 3.87. The molecule has 0 atom stereocenters. The van der Waals surface area contributed by atoms with Crippen LogP contribution in [0.3, 0.4) is 0 Å². The SMILES string of the molecule is Cn1ccc(-c2noc(-c3ccc4nc(N)sc4c3)n2)n1. The molecule has 0 amide bonds. The molecule has 2 N–H and O–H groups in total. The van der Waals surface area contributed by atoms with Gasteiger partial charge in [-0.25, -0.2) is 4.98 Å². The summed E-state index contributed by atoms with van der Waals surface area (Å²) in [6, 6.07) is 7.56. The van der Waals surface area contributed by atoms with Crippen molar-refractivity contribution in [3.8, 4) is 23.0 Å². The molecule has 0 aliphatic carbocycles. The Morgan fingerprint density at radius 1 is 1.24 bits per heavy atom. The van der Waals surface area contributed by atoms with Gasteiger partial charge in [0.1, 0.15) is 5.69 Å². The van der Waals surface area contributed by atoms with Crippen molar-refractivity contribution >= 4 is 26.7 Å². The van der Waals surface area contributed by atoms with E-state index in [2.05, 4.69) is 20.2 Å². The Balaban J connectivity index is 1.76. The van der Waals surface area contributed by atoms with Crippen LogP contribution in [0.4, 0.5) is 5.13 Å². The van der Waals surface area contributed by atoms with E-state index in [0.717, 1.165) is 15.8 Å². The highest BCUT2D eigenvalue weighted by atomic mass is 32.1. The maximum Gasteiger partial charge on any atom is 0.258 e. The van der Waals surface area contributed by atoms with E-state index in [0.29, 0.717) is 22.5 Å². The number of fused-ring (bicyclic) bond motifs is 1. The number of hydrogen-bond acceptors (Lipinski definition) is 7. The molecule has 0 aliphatic heterocycles. The fraction of sp³-hybridized carbons (Fsp3) is 0.0769. The molecule has 21 heavy (non-hydrogen) atoms. The van der Waals surface area contributed by atoms with Crippen molar-refractivity contribution in [3.63, 3.8) is 0 Å². The van der Waals surface area contributed by atoms with Crippen LogP contribution in [0.5, 0.6) is 0 Å². The number of rotatable bonds is 2. The van der Waals surface area contributed by atoms with Crippen LogP contribution in [0.25, 0.3) is 33.2 Å². The van der Waals surface area contributed by atoms with Crippen molar-refractivity contribution in [3.05, 3.63) is 30.5 Å². The molecule has 0 unspecified atom stereocenters. The standard InChI is InChI=1S/C13H10N6OS/c1-19-5-4-9(17-19)11-16-12(20-18-11)7-2-3-8-10(6-7)21-13(14)15-8/h2-6H,1H3,(H2,14,15). The minimum Gasteiger partial charge on any atom is -0.375 e. The van der Waals surface area contributed by atoms with Gasteiger partial charge in [-0.2, -0.15) is 10.1 Å². The molecule has 4 aromatic rings. The topological polar surface area (TPSA) is 95.7 Å². The Morgan fingerprint density at radius 2 is 2.14 bits per heavy atom. The lowest BCUT2D eigenvalue weighted by Crippen LogP contribution is -1.88. The van der Waals surface area contributed by atoms with Gasteiger partial charge in [0.25, 0.3) is 5.89 Å². The van der Waals surface area contributed by atoms with E-state index in [-0.39, 0.29) is 0 Å². The monoisotopic (exact) mass is 298 g/mol. The molecule has 3 aromatic heterocycles. The fourth-order valence-electron chi connectivity index (χ4n) is 2.05. The van der Waals surface area contributed by atoms with Crippen molar-refractivity contribution in [2.45, 2.75) is 0 Å². The number of aryl methyl sites for hydroxylation is 1. The van der Waals surface area contributed by atoms with Gasteiger partial charge in [0.2, 0.25) is 5.82 Å². The minimum atomic E-state index is 0.449. The van der Waals surface area contributed by atoms with Gasteiger partial charge in [0, 0.05) is 18.8 Å². The van der Waals surface area contributed by atoms with Crippen molar-refractivity contribution in [2.75, 3.05) is 5.73 Å². The smallest absolute Gasteiger partial charge is 0.258 e. The Hall–Kier alpha value is -2.74. The molecule has 8 heteroatoms. The molecule has 0 radical (unpaired) electrons. The van der Waals surface area contributed by atoms with E-state index >= 15 is 0 Å². The number of anilines is 1. The lowest BCUT2D eigenvalue weighted by molar-refractivity contribution is 0.432. The Kier molecular flexibility index (Phi) is 2.51. The number of nitrogens with zero attached hydrogens (tertiary/aromatic N) is 5. The largest absolute Gasteiger partial charge is 0.375 e. The van der Waals surface area contributed by atoms with Crippen LogP contribution in [-0.4, -0.2) is 24.9 Å². The van der Waals surface area contributed by atoms with Gasteiger partial charge < -0.3 is 10.3 Å². The Morgan fingerprint density at radius 3 is 2.95 bits per heavy atom. The summed E-state index contributed by atoms with van der Waals surface area (Å²) >= 11 is 1.43. The molecular weight excluding hydrogens is 288 g/mol. The summed E-state index contributed by atoms with van der Waals surface area (Å²) < 4.78 is 7.99. The first-order chi connectivity index (χ1) is 10.2. The predicted octanol–water partition coefficient (Wildman–Crippen LogP) is 2.33. The number of thiazole rings is 1. The molecule has 1 aromatic carbocycles. The highest BCUT2D eigenvalue weighted by Gasteiger charge is 2.13. The van der Waals surface area contributed by atoms with Gasteiger partial charge in [-0.05, 0) is 24.3 Å². The van der Waals surface area contributed by atoms with Crippen LogP contribution in [-0.2, 0) is 7.05 Å². The third-order valence-electron chi connectivity index (χ3n) is 3.02. The van der Waals surface area contributed by atoms with E-state index in [4.69, 9.17) is 10.3 Å². The lowest BCUT2D eigenvalue weighted by atomic mass is 10.2. The zero-order chi connectivity index (χ0) is 14.4. The second-order valence-corrected chi connectivity index (χ2v) is 5.59. The molecule has 3 heterocycles. The molecule has 0 bridgehead atoms. The van der Waals surface area contributed by atoms with E-state index in [1.165, 1.54) is 11.3 Å². The summed E-state index contributed by atoms with van der Waals surface area (Å²) in [6.45, 7) is 0. The predicted molar refractivity (Wildman–Crippen MR) is 79.5 cm³/mol. The third kappa shape index (κ3) is 2.05. The first-order valence-corrected chi connectivity index (χ1v) is 7.01. The van der Waals surface area contributed by atoms with Gasteiger partial charge in [-0.15, -0.1) is 0 Å². The molecular formula is C13H10N6OS. The zero-order valence-corrected chi connectivity index (χ0v) is 11.8. The minimum absolute atomic E-state index is 0.449. The van der Waals surface area contributed by atoms with Crippen LogP contribution >= 0.6 is 11.3 Å². The van der Waals surface area contributed by atoms with Crippen molar-refractivity contribution in [1.29, 1.82) is 0 Å². The number of nitrogen functional groups attached to an aromatic ring is 1. The summed E-state index contributed by atoms with van der Waals surface area (Å²) in [4.78, 5) is 8.60.